The summed E-state index contributed by atoms with van der Waals surface area (Å²) in [6.07, 6.45) is 7.48. The van der Waals surface area contributed by atoms with E-state index in [1.54, 1.807) is 6.42 Å². The first-order valence-corrected chi connectivity index (χ1v) is 6.28. The Kier molecular flexibility index (Phi) is 2.29. The lowest BCUT2D eigenvalue weighted by Gasteiger charge is -2.31. The van der Waals surface area contributed by atoms with Crippen molar-refractivity contribution in [3.05, 3.63) is 0 Å². The molecule has 1 heterocycles. The minimum absolute atomic E-state index is 0.772. The van der Waals surface area contributed by atoms with Gasteiger partial charge >= 0.3 is 0 Å². The molecule has 3 aliphatic rings. The molecule has 1 aliphatic heterocycles. The Bertz CT molecular complexity index is 216. The highest BCUT2D eigenvalue weighted by molar-refractivity contribution is 4.97. The summed E-state index contributed by atoms with van der Waals surface area (Å²) in [5.41, 5.74) is 0. The van der Waals surface area contributed by atoms with Crippen LogP contribution in [0.4, 0.5) is 0 Å². The first kappa shape index (κ1) is 9.17. The van der Waals surface area contributed by atoms with Gasteiger partial charge in [-0.25, -0.2) is 0 Å². The van der Waals surface area contributed by atoms with Crippen molar-refractivity contribution in [3.63, 3.8) is 0 Å². The third kappa shape index (κ3) is 1.40. The molecule has 4 atom stereocenters. The number of likely N-dealkylation sites (tertiary alicyclic amines) is 1. The van der Waals surface area contributed by atoms with Gasteiger partial charge in [0, 0.05) is 25.2 Å². The molecule has 2 saturated carbocycles. The molecule has 0 aromatic heterocycles. The van der Waals surface area contributed by atoms with Crippen LogP contribution in [0.3, 0.4) is 0 Å². The van der Waals surface area contributed by atoms with Crippen LogP contribution in [0.25, 0.3) is 0 Å². The SMILES string of the molecule is CNC1CCN(C2CC3CCC2C3)C1. The molecule has 3 fully saturated rings. The fourth-order valence-electron chi connectivity index (χ4n) is 3.98. The normalized spacial score (nSPS) is 47.8. The molecule has 1 saturated heterocycles. The van der Waals surface area contributed by atoms with Gasteiger partial charge in [-0.05, 0) is 44.6 Å². The molecular formula is C12H22N2. The number of fused-ring (bicyclic) bond motifs is 2. The molecule has 14 heavy (non-hydrogen) atoms. The van der Waals surface area contributed by atoms with Crippen molar-refractivity contribution in [2.75, 3.05) is 20.1 Å². The van der Waals surface area contributed by atoms with Gasteiger partial charge in [0.1, 0.15) is 0 Å². The molecule has 0 aromatic carbocycles. The van der Waals surface area contributed by atoms with Crippen molar-refractivity contribution in [2.45, 2.75) is 44.2 Å². The van der Waals surface area contributed by atoms with Crippen LogP contribution in [0.15, 0.2) is 0 Å². The maximum Gasteiger partial charge on any atom is 0.0204 e. The molecule has 2 nitrogen and oxygen atoms in total. The molecule has 80 valence electrons. The third-order valence-electron chi connectivity index (χ3n) is 4.80. The van der Waals surface area contributed by atoms with Gasteiger partial charge in [-0.3, -0.25) is 4.90 Å². The number of hydrogen-bond acceptors (Lipinski definition) is 2. The first-order chi connectivity index (χ1) is 6.86. The number of nitrogens with one attached hydrogen (secondary N) is 1. The smallest absolute Gasteiger partial charge is 0.0204 e. The highest BCUT2D eigenvalue weighted by Gasteiger charge is 2.43. The van der Waals surface area contributed by atoms with Gasteiger partial charge in [-0.15, -0.1) is 0 Å². The average molecular weight is 194 g/mol. The lowest BCUT2D eigenvalue weighted by Crippen LogP contribution is -2.39. The summed E-state index contributed by atoms with van der Waals surface area (Å²) in [7, 11) is 2.11. The minimum atomic E-state index is 0.772. The Morgan fingerprint density at radius 2 is 2.07 bits per heavy atom. The van der Waals surface area contributed by atoms with Gasteiger partial charge in [0.15, 0.2) is 0 Å². The van der Waals surface area contributed by atoms with Crippen molar-refractivity contribution in [1.29, 1.82) is 0 Å². The topological polar surface area (TPSA) is 15.3 Å². The summed E-state index contributed by atoms with van der Waals surface area (Å²) in [5.74, 6) is 2.16. The predicted molar refractivity (Wildman–Crippen MR) is 58.3 cm³/mol. The van der Waals surface area contributed by atoms with E-state index in [1.807, 2.05) is 0 Å². The zero-order chi connectivity index (χ0) is 9.54. The Labute approximate surface area is 87.0 Å². The quantitative estimate of drug-likeness (QED) is 0.716. The maximum atomic E-state index is 3.42. The number of rotatable bonds is 2. The molecular weight excluding hydrogens is 172 g/mol. The minimum Gasteiger partial charge on any atom is -0.316 e. The van der Waals surface area contributed by atoms with E-state index in [4.69, 9.17) is 0 Å². The zero-order valence-corrected chi connectivity index (χ0v) is 9.21. The summed E-state index contributed by atoms with van der Waals surface area (Å²) >= 11 is 0. The third-order valence-corrected chi connectivity index (χ3v) is 4.80. The maximum absolute atomic E-state index is 3.42. The van der Waals surface area contributed by atoms with Gasteiger partial charge in [-0.1, -0.05) is 6.42 Å². The van der Waals surface area contributed by atoms with E-state index in [1.165, 1.54) is 38.8 Å². The molecule has 1 N–H and O–H groups in total. The van der Waals surface area contributed by atoms with E-state index in [0.717, 1.165) is 23.9 Å². The molecule has 0 radical (unpaired) electrons. The zero-order valence-electron chi connectivity index (χ0n) is 9.21. The summed E-state index contributed by atoms with van der Waals surface area (Å²) in [5, 5.41) is 3.42. The predicted octanol–water partition coefficient (Wildman–Crippen LogP) is 1.47. The molecule has 4 unspecified atom stereocenters. The number of hydrogen-bond donors (Lipinski definition) is 1. The second-order valence-corrected chi connectivity index (χ2v) is 5.51. The van der Waals surface area contributed by atoms with Crippen LogP contribution in [0.1, 0.15) is 32.1 Å². The molecule has 0 spiro atoms. The lowest BCUT2D eigenvalue weighted by molar-refractivity contribution is 0.172. The van der Waals surface area contributed by atoms with Crippen LogP contribution in [0.2, 0.25) is 0 Å². The van der Waals surface area contributed by atoms with Crippen LogP contribution >= 0.6 is 0 Å². The van der Waals surface area contributed by atoms with E-state index in [0.29, 0.717) is 0 Å². The van der Waals surface area contributed by atoms with Crippen molar-refractivity contribution in [1.82, 2.24) is 10.2 Å². The summed E-state index contributed by atoms with van der Waals surface area (Å²) in [6, 6.07) is 1.74. The molecule has 3 rings (SSSR count). The average Bonchev–Trinajstić information content (AvgIpc) is 2.93. The van der Waals surface area contributed by atoms with Gasteiger partial charge in [-0.2, -0.15) is 0 Å². The second-order valence-electron chi connectivity index (χ2n) is 5.51. The van der Waals surface area contributed by atoms with E-state index in [9.17, 15) is 0 Å². The Morgan fingerprint density at radius 3 is 2.64 bits per heavy atom. The van der Waals surface area contributed by atoms with E-state index >= 15 is 0 Å². The molecule has 2 aliphatic carbocycles. The Balaban J connectivity index is 1.62. The van der Waals surface area contributed by atoms with Gasteiger partial charge < -0.3 is 5.32 Å². The molecule has 0 aromatic rings. The fourth-order valence-corrected chi connectivity index (χ4v) is 3.98. The van der Waals surface area contributed by atoms with Gasteiger partial charge in [0.2, 0.25) is 0 Å². The van der Waals surface area contributed by atoms with Crippen molar-refractivity contribution in [3.8, 4) is 0 Å². The van der Waals surface area contributed by atoms with Crippen molar-refractivity contribution in [2.24, 2.45) is 11.8 Å². The number of nitrogens with zero attached hydrogens (tertiary/aromatic N) is 1. The van der Waals surface area contributed by atoms with E-state index < -0.39 is 0 Å². The van der Waals surface area contributed by atoms with Crippen LogP contribution in [-0.2, 0) is 0 Å². The Hall–Kier alpha value is -0.0800. The van der Waals surface area contributed by atoms with Crippen LogP contribution < -0.4 is 5.32 Å². The molecule has 0 amide bonds. The van der Waals surface area contributed by atoms with E-state index in [-0.39, 0.29) is 0 Å². The van der Waals surface area contributed by atoms with Crippen LogP contribution in [0.5, 0.6) is 0 Å². The highest BCUT2D eigenvalue weighted by atomic mass is 15.2. The van der Waals surface area contributed by atoms with Crippen molar-refractivity contribution < 1.29 is 0 Å². The fraction of sp³-hybridized carbons (Fsp3) is 1.00. The summed E-state index contributed by atoms with van der Waals surface area (Å²) in [4.78, 5) is 2.77. The molecule has 2 heteroatoms. The molecule has 2 bridgehead atoms. The van der Waals surface area contributed by atoms with E-state index in [2.05, 4.69) is 17.3 Å². The monoisotopic (exact) mass is 194 g/mol. The lowest BCUT2D eigenvalue weighted by atomic mass is 9.94. The van der Waals surface area contributed by atoms with Gasteiger partial charge in [0.05, 0.1) is 0 Å². The Morgan fingerprint density at radius 1 is 1.14 bits per heavy atom. The van der Waals surface area contributed by atoms with Crippen molar-refractivity contribution >= 4 is 0 Å². The standard InChI is InChI=1S/C12H22N2/c1-13-11-4-5-14(8-11)12-7-9-2-3-10(12)6-9/h9-13H,2-8H2,1H3. The van der Waals surface area contributed by atoms with Crippen LogP contribution in [0, 0.1) is 11.8 Å². The van der Waals surface area contributed by atoms with Crippen LogP contribution in [-0.4, -0.2) is 37.1 Å². The number of likely N-dealkylation sites (N-methyl/N-ethyl adjacent to an activating group) is 1. The summed E-state index contributed by atoms with van der Waals surface area (Å²) < 4.78 is 0. The summed E-state index contributed by atoms with van der Waals surface area (Å²) in [6.45, 7) is 2.66. The highest BCUT2D eigenvalue weighted by Crippen LogP contribution is 2.47. The second kappa shape index (κ2) is 3.49. The van der Waals surface area contributed by atoms with Gasteiger partial charge in [0.25, 0.3) is 0 Å². The largest absolute Gasteiger partial charge is 0.316 e. The first-order valence-electron chi connectivity index (χ1n) is 6.28.